The van der Waals surface area contributed by atoms with Crippen molar-refractivity contribution >= 4 is 0 Å². The first kappa shape index (κ1) is 10.8. The molecule has 5 heteroatoms. The molecule has 4 N–H and O–H groups in total. The number of hydrogen-bond acceptors (Lipinski definition) is 5. The normalized spacial score (nSPS) is 22.4. The van der Waals surface area contributed by atoms with E-state index in [9.17, 15) is 0 Å². The third kappa shape index (κ3) is 3.13. The van der Waals surface area contributed by atoms with Crippen LogP contribution in [0.1, 0.15) is 6.92 Å². The number of hydrogen-bond donors (Lipinski definition) is 4. The Balaban J connectivity index is 3.90. The standard InChI is InChI=1S/C6H14O5/c1-3(7)4(8)5(9)6(10)11-2/h3-10H,1-2H3/t3-,4-,5+,6?/m1/s1. The molecule has 0 rings (SSSR count). The maximum atomic E-state index is 8.97. The van der Waals surface area contributed by atoms with Gasteiger partial charge in [-0.2, -0.15) is 0 Å². The van der Waals surface area contributed by atoms with Crippen LogP contribution in [0.15, 0.2) is 0 Å². The van der Waals surface area contributed by atoms with Crippen LogP contribution in [0, 0.1) is 0 Å². The lowest BCUT2D eigenvalue weighted by atomic mass is 10.1. The Morgan fingerprint density at radius 1 is 1.00 bits per heavy atom. The molecule has 0 bridgehead atoms. The van der Waals surface area contributed by atoms with Crippen molar-refractivity contribution in [2.75, 3.05) is 7.11 Å². The molecule has 0 aromatic rings. The van der Waals surface area contributed by atoms with E-state index < -0.39 is 24.6 Å². The van der Waals surface area contributed by atoms with Crippen LogP contribution < -0.4 is 0 Å². The van der Waals surface area contributed by atoms with Gasteiger partial charge in [-0.15, -0.1) is 0 Å². The minimum absolute atomic E-state index is 1.10. The minimum atomic E-state index is -1.49. The Hall–Kier alpha value is -0.200. The molecule has 0 aliphatic rings. The molecule has 0 heterocycles. The summed E-state index contributed by atoms with van der Waals surface area (Å²) in [4.78, 5) is 0. The summed E-state index contributed by atoms with van der Waals surface area (Å²) in [5, 5.41) is 35.5. The predicted octanol–water partition coefficient (Wildman–Crippen LogP) is -1.95. The number of aliphatic hydroxyl groups is 4. The van der Waals surface area contributed by atoms with Crippen molar-refractivity contribution in [3.63, 3.8) is 0 Å². The van der Waals surface area contributed by atoms with Crippen LogP contribution in [0.3, 0.4) is 0 Å². The molecule has 0 saturated carbocycles. The van der Waals surface area contributed by atoms with Crippen molar-refractivity contribution in [2.24, 2.45) is 0 Å². The fourth-order valence-corrected chi connectivity index (χ4v) is 0.593. The molecule has 0 aromatic heterocycles. The highest BCUT2D eigenvalue weighted by Crippen LogP contribution is 2.04. The van der Waals surface area contributed by atoms with Gasteiger partial charge in [0.05, 0.1) is 6.10 Å². The Labute approximate surface area is 64.9 Å². The third-order valence-electron chi connectivity index (χ3n) is 1.38. The SMILES string of the molecule is COC(O)[C@@H](O)[C@H](O)[C@@H](C)O. The van der Waals surface area contributed by atoms with Crippen molar-refractivity contribution in [2.45, 2.75) is 31.5 Å². The smallest absolute Gasteiger partial charge is 0.183 e. The zero-order valence-corrected chi connectivity index (χ0v) is 6.51. The molecule has 0 aromatic carbocycles. The molecule has 5 nitrogen and oxygen atoms in total. The summed E-state index contributed by atoms with van der Waals surface area (Å²) in [5.74, 6) is 0. The van der Waals surface area contributed by atoms with Crippen LogP contribution in [0.25, 0.3) is 0 Å². The first-order valence-corrected chi connectivity index (χ1v) is 3.25. The number of aliphatic hydroxyl groups excluding tert-OH is 4. The van der Waals surface area contributed by atoms with Gasteiger partial charge in [0, 0.05) is 7.11 Å². The summed E-state index contributed by atoms with van der Waals surface area (Å²) in [5.41, 5.74) is 0. The summed E-state index contributed by atoms with van der Waals surface area (Å²) in [6, 6.07) is 0. The van der Waals surface area contributed by atoms with Crippen LogP contribution in [-0.4, -0.2) is 52.1 Å². The van der Waals surface area contributed by atoms with E-state index in [0.717, 1.165) is 0 Å². The second-order valence-electron chi connectivity index (χ2n) is 2.35. The number of ether oxygens (including phenoxy) is 1. The molecule has 11 heavy (non-hydrogen) atoms. The monoisotopic (exact) mass is 166 g/mol. The second-order valence-corrected chi connectivity index (χ2v) is 2.35. The van der Waals surface area contributed by atoms with Crippen molar-refractivity contribution in [3.8, 4) is 0 Å². The van der Waals surface area contributed by atoms with E-state index in [1.165, 1.54) is 14.0 Å². The van der Waals surface area contributed by atoms with Gasteiger partial charge in [-0.3, -0.25) is 0 Å². The van der Waals surface area contributed by atoms with Crippen LogP contribution in [0.2, 0.25) is 0 Å². The van der Waals surface area contributed by atoms with E-state index in [4.69, 9.17) is 20.4 Å². The molecular formula is C6H14O5. The molecular weight excluding hydrogens is 152 g/mol. The molecule has 4 atom stereocenters. The van der Waals surface area contributed by atoms with E-state index in [0.29, 0.717) is 0 Å². The van der Waals surface area contributed by atoms with Crippen LogP contribution in [-0.2, 0) is 4.74 Å². The summed E-state index contributed by atoms with van der Waals surface area (Å²) < 4.78 is 4.32. The molecule has 0 saturated heterocycles. The van der Waals surface area contributed by atoms with Crippen LogP contribution in [0.4, 0.5) is 0 Å². The van der Waals surface area contributed by atoms with E-state index in [1.807, 2.05) is 0 Å². The van der Waals surface area contributed by atoms with Gasteiger partial charge >= 0.3 is 0 Å². The largest absolute Gasteiger partial charge is 0.391 e. The zero-order valence-electron chi connectivity index (χ0n) is 6.51. The molecule has 0 spiro atoms. The quantitative estimate of drug-likeness (QED) is 0.365. The maximum absolute atomic E-state index is 8.97. The first-order valence-electron chi connectivity index (χ1n) is 3.25. The fraction of sp³-hybridized carbons (Fsp3) is 1.00. The van der Waals surface area contributed by atoms with Gasteiger partial charge in [-0.05, 0) is 6.92 Å². The second kappa shape index (κ2) is 4.63. The van der Waals surface area contributed by atoms with E-state index >= 15 is 0 Å². The average molecular weight is 166 g/mol. The van der Waals surface area contributed by atoms with Gasteiger partial charge in [0.2, 0.25) is 0 Å². The molecule has 0 amide bonds. The molecule has 0 fully saturated rings. The Morgan fingerprint density at radius 2 is 1.45 bits per heavy atom. The zero-order chi connectivity index (χ0) is 9.02. The van der Waals surface area contributed by atoms with Crippen molar-refractivity contribution < 1.29 is 25.2 Å². The number of methoxy groups -OCH3 is 1. The van der Waals surface area contributed by atoms with Gasteiger partial charge in [-0.25, -0.2) is 0 Å². The predicted molar refractivity (Wildman–Crippen MR) is 36.7 cm³/mol. The summed E-state index contributed by atoms with van der Waals surface area (Å²) in [6.45, 7) is 1.30. The van der Waals surface area contributed by atoms with Crippen molar-refractivity contribution in [1.82, 2.24) is 0 Å². The van der Waals surface area contributed by atoms with E-state index in [-0.39, 0.29) is 0 Å². The maximum Gasteiger partial charge on any atom is 0.183 e. The van der Waals surface area contributed by atoms with Gasteiger partial charge < -0.3 is 25.2 Å². The summed E-state index contributed by atoms with van der Waals surface area (Å²) in [6.07, 6.45) is -5.46. The summed E-state index contributed by atoms with van der Waals surface area (Å²) in [7, 11) is 1.18. The lowest BCUT2D eigenvalue weighted by molar-refractivity contribution is -0.188. The van der Waals surface area contributed by atoms with Crippen LogP contribution in [0.5, 0.6) is 0 Å². The molecule has 1 unspecified atom stereocenters. The molecule has 68 valence electrons. The third-order valence-corrected chi connectivity index (χ3v) is 1.38. The first-order chi connectivity index (χ1) is 5.00. The highest BCUT2D eigenvalue weighted by atomic mass is 16.6. The highest BCUT2D eigenvalue weighted by molar-refractivity contribution is 4.73. The van der Waals surface area contributed by atoms with Gasteiger partial charge in [-0.1, -0.05) is 0 Å². The molecule has 0 aliphatic heterocycles. The Kier molecular flexibility index (Phi) is 4.55. The molecule has 0 aliphatic carbocycles. The van der Waals surface area contributed by atoms with E-state index in [1.54, 1.807) is 0 Å². The van der Waals surface area contributed by atoms with Gasteiger partial charge in [0.15, 0.2) is 6.29 Å². The lowest BCUT2D eigenvalue weighted by Crippen LogP contribution is -2.44. The Morgan fingerprint density at radius 3 is 1.73 bits per heavy atom. The van der Waals surface area contributed by atoms with Crippen molar-refractivity contribution in [3.05, 3.63) is 0 Å². The number of rotatable bonds is 4. The lowest BCUT2D eigenvalue weighted by Gasteiger charge is -2.23. The van der Waals surface area contributed by atoms with Gasteiger partial charge in [0.25, 0.3) is 0 Å². The summed E-state index contributed by atoms with van der Waals surface area (Å²) >= 11 is 0. The molecule has 0 radical (unpaired) electrons. The van der Waals surface area contributed by atoms with Crippen LogP contribution >= 0.6 is 0 Å². The fourth-order valence-electron chi connectivity index (χ4n) is 0.593. The topological polar surface area (TPSA) is 90.2 Å². The highest BCUT2D eigenvalue weighted by Gasteiger charge is 2.27. The van der Waals surface area contributed by atoms with E-state index in [2.05, 4.69) is 4.74 Å². The average Bonchev–Trinajstić information content (AvgIpc) is 2.00. The minimum Gasteiger partial charge on any atom is -0.391 e. The van der Waals surface area contributed by atoms with Gasteiger partial charge in [0.1, 0.15) is 12.2 Å². The Bertz CT molecular complexity index is 105. The van der Waals surface area contributed by atoms with Crippen molar-refractivity contribution in [1.29, 1.82) is 0 Å².